The number of urea groups is 1. The second-order valence-corrected chi connectivity index (χ2v) is 8.65. The molecule has 13 heteroatoms. The van der Waals surface area contributed by atoms with Crippen molar-refractivity contribution >= 4 is 17.8 Å². The van der Waals surface area contributed by atoms with Gasteiger partial charge in [-0.15, -0.1) is 13.2 Å². The number of imide groups is 2. The smallest absolute Gasteiger partial charge is 0.457 e. The minimum atomic E-state index is -4.80. The highest BCUT2D eigenvalue weighted by molar-refractivity contribution is 6.22. The zero-order valence-electron chi connectivity index (χ0n) is 18.7. The van der Waals surface area contributed by atoms with Gasteiger partial charge in [-0.3, -0.25) is 25.1 Å². The molecule has 2 aromatic rings. The number of hydrogen-bond donors (Lipinski definition) is 3. The summed E-state index contributed by atoms with van der Waals surface area (Å²) in [6, 6.07) is 10.1. The highest BCUT2D eigenvalue weighted by Gasteiger charge is 2.59. The number of ether oxygens (including phenoxy) is 3. The molecule has 3 aliphatic heterocycles. The number of barbiturate groups is 1. The van der Waals surface area contributed by atoms with Crippen LogP contribution in [0.2, 0.25) is 0 Å². The van der Waals surface area contributed by atoms with E-state index in [2.05, 4.69) is 20.7 Å². The van der Waals surface area contributed by atoms with Crippen LogP contribution in [0.1, 0.15) is 5.56 Å². The lowest BCUT2D eigenvalue weighted by molar-refractivity contribution is -0.274. The van der Waals surface area contributed by atoms with Gasteiger partial charge in [0.1, 0.15) is 22.8 Å². The van der Waals surface area contributed by atoms with Crippen molar-refractivity contribution in [3.05, 3.63) is 54.1 Å². The number of rotatable bonds is 5. The van der Waals surface area contributed by atoms with Gasteiger partial charge in [0, 0.05) is 26.2 Å². The summed E-state index contributed by atoms with van der Waals surface area (Å²) in [5.41, 5.74) is -2.02. The fourth-order valence-electron chi connectivity index (χ4n) is 4.61. The first-order valence-electron chi connectivity index (χ1n) is 11.0. The molecule has 3 N–H and O–H groups in total. The molecule has 2 aromatic carbocycles. The number of carbonyl (C=O) groups is 3. The Kier molecular flexibility index (Phi) is 5.85. The van der Waals surface area contributed by atoms with Gasteiger partial charge < -0.3 is 19.5 Å². The first kappa shape index (κ1) is 24.0. The largest absolute Gasteiger partial charge is 0.573 e. The third-order valence-corrected chi connectivity index (χ3v) is 6.29. The third kappa shape index (κ3) is 4.36. The van der Waals surface area contributed by atoms with Gasteiger partial charge >= 0.3 is 12.4 Å². The molecule has 0 radical (unpaired) electrons. The van der Waals surface area contributed by atoms with E-state index in [0.717, 1.165) is 12.1 Å². The number of amides is 4. The fraction of sp³-hybridized carbons (Fsp3) is 0.348. The lowest BCUT2D eigenvalue weighted by Gasteiger charge is -2.53. The van der Waals surface area contributed by atoms with Crippen LogP contribution in [0.3, 0.4) is 0 Å². The van der Waals surface area contributed by atoms with Crippen LogP contribution in [0.5, 0.6) is 17.2 Å². The molecule has 0 aliphatic carbocycles. The summed E-state index contributed by atoms with van der Waals surface area (Å²) < 4.78 is 52.4. The van der Waals surface area contributed by atoms with Crippen molar-refractivity contribution in [2.75, 3.05) is 32.8 Å². The van der Waals surface area contributed by atoms with Crippen LogP contribution in [0.25, 0.3) is 0 Å². The molecule has 190 valence electrons. The van der Waals surface area contributed by atoms with E-state index >= 15 is 0 Å². The molecule has 0 aromatic heterocycles. The predicted molar refractivity (Wildman–Crippen MR) is 116 cm³/mol. The normalized spacial score (nSPS) is 21.4. The fourth-order valence-corrected chi connectivity index (χ4v) is 4.61. The molecular weight excluding hydrogens is 485 g/mol. The molecule has 3 heterocycles. The standard InChI is InChI=1S/C23H21F3N4O6/c24-23(25,26)36-17-7-5-16(6-8-17)35-15-3-1-14(2-4-15)22(18(31)28-20(33)29-19(22)32)30-9-10-34-21(13-30)11-27-12-21/h1-8,27H,9-13H2,(H2,28,29,31,32,33). The molecule has 0 unspecified atom stereocenters. The highest BCUT2D eigenvalue weighted by atomic mass is 19.4. The van der Waals surface area contributed by atoms with Crippen LogP contribution in [0, 0.1) is 0 Å². The summed E-state index contributed by atoms with van der Waals surface area (Å²) in [5.74, 6) is -1.36. The first-order chi connectivity index (χ1) is 17.1. The van der Waals surface area contributed by atoms with Crippen LogP contribution in [-0.4, -0.2) is 67.5 Å². The molecule has 0 bridgehead atoms. The van der Waals surface area contributed by atoms with Crippen LogP contribution in [0.15, 0.2) is 48.5 Å². The molecule has 10 nitrogen and oxygen atoms in total. The van der Waals surface area contributed by atoms with E-state index in [1.54, 1.807) is 4.90 Å². The maximum atomic E-state index is 13.2. The van der Waals surface area contributed by atoms with E-state index in [4.69, 9.17) is 9.47 Å². The van der Waals surface area contributed by atoms with Gasteiger partial charge in [-0.25, -0.2) is 4.79 Å². The van der Waals surface area contributed by atoms with E-state index in [1.807, 2.05) is 0 Å². The zero-order chi connectivity index (χ0) is 25.6. The average Bonchev–Trinajstić information content (AvgIpc) is 2.79. The number of halogens is 3. The van der Waals surface area contributed by atoms with Crippen molar-refractivity contribution in [2.24, 2.45) is 0 Å². The van der Waals surface area contributed by atoms with Crippen molar-refractivity contribution in [2.45, 2.75) is 17.5 Å². The molecule has 4 amide bonds. The monoisotopic (exact) mass is 506 g/mol. The quantitative estimate of drug-likeness (QED) is 0.524. The average molecular weight is 506 g/mol. The molecule has 5 rings (SSSR count). The topological polar surface area (TPSA) is 118 Å². The number of nitrogens with one attached hydrogen (secondary N) is 3. The van der Waals surface area contributed by atoms with Crippen molar-refractivity contribution < 1.29 is 41.8 Å². The lowest BCUT2D eigenvalue weighted by Crippen LogP contribution is -2.77. The molecule has 3 fully saturated rings. The number of carbonyl (C=O) groups excluding carboxylic acids is 3. The number of benzene rings is 2. The summed E-state index contributed by atoms with van der Waals surface area (Å²) in [4.78, 5) is 40.0. The minimum Gasteiger partial charge on any atom is -0.457 e. The number of hydrogen-bond acceptors (Lipinski definition) is 8. The van der Waals surface area contributed by atoms with Crippen LogP contribution >= 0.6 is 0 Å². The Hall–Kier alpha value is -3.68. The Labute approximate surface area is 202 Å². The van der Waals surface area contributed by atoms with E-state index < -0.39 is 35.3 Å². The molecular formula is C23H21F3N4O6. The summed E-state index contributed by atoms with van der Waals surface area (Å²) in [6.45, 7) is 2.01. The van der Waals surface area contributed by atoms with E-state index in [-0.39, 0.29) is 18.0 Å². The van der Waals surface area contributed by atoms with Crippen LogP contribution in [0.4, 0.5) is 18.0 Å². The van der Waals surface area contributed by atoms with Crippen molar-refractivity contribution in [1.82, 2.24) is 20.9 Å². The minimum absolute atomic E-state index is 0.248. The van der Waals surface area contributed by atoms with Crippen LogP contribution in [-0.2, 0) is 19.9 Å². The van der Waals surface area contributed by atoms with E-state index in [1.165, 1.54) is 36.4 Å². The van der Waals surface area contributed by atoms with Gasteiger partial charge in [-0.1, -0.05) is 12.1 Å². The van der Waals surface area contributed by atoms with Gasteiger partial charge in [0.2, 0.25) is 5.54 Å². The Morgan fingerprint density at radius 2 is 1.42 bits per heavy atom. The number of nitrogens with zero attached hydrogens (tertiary/aromatic N) is 1. The Morgan fingerprint density at radius 1 is 0.861 bits per heavy atom. The van der Waals surface area contributed by atoms with Gasteiger partial charge in [0.15, 0.2) is 0 Å². The molecule has 36 heavy (non-hydrogen) atoms. The van der Waals surface area contributed by atoms with Crippen LogP contribution < -0.4 is 25.4 Å². The first-order valence-corrected chi connectivity index (χ1v) is 11.0. The Balaban J connectivity index is 1.41. The maximum absolute atomic E-state index is 13.2. The lowest BCUT2D eigenvalue weighted by atomic mass is 9.82. The van der Waals surface area contributed by atoms with Gasteiger partial charge in [-0.2, -0.15) is 0 Å². The summed E-state index contributed by atoms with van der Waals surface area (Å²) in [7, 11) is 0. The molecule has 0 saturated carbocycles. The molecule has 0 atom stereocenters. The number of alkyl halides is 3. The molecule has 3 aliphatic rings. The second kappa shape index (κ2) is 8.76. The van der Waals surface area contributed by atoms with E-state index in [0.29, 0.717) is 37.6 Å². The predicted octanol–water partition coefficient (Wildman–Crippen LogP) is 1.61. The van der Waals surface area contributed by atoms with Crippen molar-refractivity contribution in [3.63, 3.8) is 0 Å². The number of morpholine rings is 1. The summed E-state index contributed by atoms with van der Waals surface area (Å²) >= 11 is 0. The zero-order valence-corrected chi connectivity index (χ0v) is 18.7. The highest BCUT2D eigenvalue weighted by Crippen LogP contribution is 2.37. The second-order valence-electron chi connectivity index (χ2n) is 8.65. The van der Waals surface area contributed by atoms with Gasteiger partial charge in [0.25, 0.3) is 11.8 Å². The van der Waals surface area contributed by atoms with Crippen molar-refractivity contribution in [1.29, 1.82) is 0 Å². The van der Waals surface area contributed by atoms with E-state index in [9.17, 15) is 27.6 Å². The van der Waals surface area contributed by atoms with Gasteiger partial charge in [-0.05, 0) is 42.0 Å². The summed E-state index contributed by atoms with van der Waals surface area (Å²) in [5, 5.41) is 7.54. The van der Waals surface area contributed by atoms with Gasteiger partial charge in [0.05, 0.1) is 6.61 Å². The third-order valence-electron chi connectivity index (χ3n) is 6.29. The molecule has 3 saturated heterocycles. The molecule has 1 spiro atoms. The van der Waals surface area contributed by atoms with Crippen molar-refractivity contribution in [3.8, 4) is 17.2 Å². The Morgan fingerprint density at radius 3 is 1.94 bits per heavy atom. The SMILES string of the molecule is O=C1NC(=O)C(c2ccc(Oc3ccc(OC(F)(F)F)cc3)cc2)(N2CCOC3(CNC3)C2)C(=O)N1. The maximum Gasteiger partial charge on any atom is 0.573 e. The Bertz CT molecular complexity index is 1160. The summed E-state index contributed by atoms with van der Waals surface area (Å²) in [6.07, 6.45) is -4.80.